The predicted molar refractivity (Wildman–Crippen MR) is 53.7 cm³/mol. The fourth-order valence-corrected chi connectivity index (χ4v) is 1.11. The lowest BCUT2D eigenvalue weighted by molar-refractivity contribution is 0.801. The molecule has 1 aromatic rings. The zero-order valence-corrected chi connectivity index (χ0v) is 7.46. The molecule has 12 heavy (non-hydrogen) atoms. The van der Waals surface area contributed by atoms with Crippen molar-refractivity contribution < 1.29 is 0 Å². The van der Waals surface area contributed by atoms with Crippen LogP contribution in [-0.4, -0.2) is 6.04 Å². The largest absolute Gasteiger partial charge is 0.324 e. The van der Waals surface area contributed by atoms with Gasteiger partial charge in [-0.05, 0) is 17.6 Å². The maximum Gasteiger partial charge on any atom is 0.0292 e. The first-order valence-electron chi connectivity index (χ1n) is 4.25. The van der Waals surface area contributed by atoms with E-state index in [9.17, 15) is 0 Å². The van der Waals surface area contributed by atoms with Gasteiger partial charge in [-0.3, -0.25) is 0 Å². The minimum atomic E-state index is 0.0902. The molecule has 0 bridgehead atoms. The molecule has 1 aromatic carbocycles. The normalized spacial score (nSPS) is 12.5. The van der Waals surface area contributed by atoms with E-state index in [-0.39, 0.29) is 6.04 Å². The molecule has 0 saturated heterocycles. The molecule has 1 unspecified atom stereocenters. The summed E-state index contributed by atoms with van der Waals surface area (Å²) >= 11 is 0. The van der Waals surface area contributed by atoms with Crippen LogP contribution in [0.25, 0.3) is 5.57 Å². The summed E-state index contributed by atoms with van der Waals surface area (Å²) in [6.45, 7) is 6.04. The minimum absolute atomic E-state index is 0.0902. The molecule has 0 amide bonds. The quantitative estimate of drug-likeness (QED) is 0.724. The number of hydrogen-bond acceptors (Lipinski definition) is 1. The Morgan fingerprint density at radius 1 is 1.42 bits per heavy atom. The van der Waals surface area contributed by atoms with Crippen molar-refractivity contribution in [2.75, 3.05) is 0 Å². The van der Waals surface area contributed by atoms with Crippen LogP contribution in [-0.2, 0) is 0 Å². The zero-order valence-electron chi connectivity index (χ0n) is 7.46. The molecule has 0 aromatic heterocycles. The van der Waals surface area contributed by atoms with Gasteiger partial charge in [0.25, 0.3) is 0 Å². The lowest BCUT2D eigenvalue weighted by Gasteiger charge is -2.12. The Bertz CT molecular complexity index is 251. The Hall–Kier alpha value is -1.08. The van der Waals surface area contributed by atoms with Crippen LogP contribution >= 0.6 is 0 Å². The zero-order chi connectivity index (χ0) is 8.97. The highest BCUT2D eigenvalue weighted by molar-refractivity contribution is 5.66. The van der Waals surface area contributed by atoms with Crippen molar-refractivity contribution in [1.29, 1.82) is 0 Å². The summed E-state index contributed by atoms with van der Waals surface area (Å²) in [6, 6.07) is 10.2. The van der Waals surface area contributed by atoms with Gasteiger partial charge in [-0.15, -0.1) is 0 Å². The van der Waals surface area contributed by atoms with Crippen LogP contribution in [0, 0.1) is 0 Å². The summed E-state index contributed by atoms with van der Waals surface area (Å²) in [5.41, 5.74) is 8.02. The van der Waals surface area contributed by atoms with E-state index in [0.29, 0.717) is 0 Å². The molecule has 0 fully saturated rings. The monoisotopic (exact) mass is 161 g/mol. The Balaban J connectivity index is 2.79. The van der Waals surface area contributed by atoms with Crippen molar-refractivity contribution in [3.63, 3.8) is 0 Å². The molecule has 64 valence electrons. The van der Waals surface area contributed by atoms with Crippen LogP contribution in [0.4, 0.5) is 0 Å². The summed E-state index contributed by atoms with van der Waals surface area (Å²) in [7, 11) is 0. The van der Waals surface area contributed by atoms with Gasteiger partial charge in [0.15, 0.2) is 0 Å². The molecule has 0 radical (unpaired) electrons. The summed E-state index contributed by atoms with van der Waals surface area (Å²) in [5, 5.41) is 0. The van der Waals surface area contributed by atoms with Gasteiger partial charge in [0, 0.05) is 6.04 Å². The van der Waals surface area contributed by atoms with Gasteiger partial charge < -0.3 is 5.73 Å². The first-order chi connectivity index (χ1) is 5.75. The minimum Gasteiger partial charge on any atom is -0.324 e. The van der Waals surface area contributed by atoms with E-state index in [1.165, 1.54) is 0 Å². The number of hydrogen-bond donors (Lipinski definition) is 1. The summed E-state index contributed by atoms with van der Waals surface area (Å²) < 4.78 is 0. The van der Waals surface area contributed by atoms with Gasteiger partial charge >= 0.3 is 0 Å². The van der Waals surface area contributed by atoms with Crippen molar-refractivity contribution in [2.45, 2.75) is 19.4 Å². The second-order valence-corrected chi connectivity index (χ2v) is 2.91. The fourth-order valence-electron chi connectivity index (χ4n) is 1.11. The number of benzene rings is 1. The van der Waals surface area contributed by atoms with E-state index in [1.54, 1.807) is 0 Å². The fraction of sp³-hybridized carbons (Fsp3) is 0.273. The van der Waals surface area contributed by atoms with E-state index >= 15 is 0 Å². The highest BCUT2D eigenvalue weighted by Gasteiger charge is 2.05. The van der Waals surface area contributed by atoms with E-state index in [1.807, 2.05) is 30.3 Å². The highest BCUT2D eigenvalue weighted by atomic mass is 14.6. The van der Waals surface area contributed by atoms with Gasteiger partial charge in [-0.25, -0.2) is 0 Å². The Morgan fingerprint density at radius 3 is 2.50 bits per heavy atom. The number of nitrogens with two attached hydrogens (primary N) is 1. The lowest BCUT2D eigenvalue weighted by Crippen LogP contribution is -2.19. The molecular formula is C11H15N. The van der Waals surface area contributed by atoms with Crippen molar-refractivity contribution in [2.24, 2.45) is 5.73 Å². The standard InChI is InChI=1S/C11H15N/c1-3-11(12)9(2)10-7-5-4-6-8-10/h4-8,11H,2-3,12H2,1H3. The molecule has 2 N–H and O–H groups in total. The van der Waals surface area contributed by atoms with Gasteiger partial charge in [0.1, 0.15) is 0 Å². The van der Waals surface area contributed by atoms with E-state index in [2.05, 4.69) is 13.5 Å². The third-order valence-electron chi connectivity index (χ3n) is 2.03. The number of rotatable bonds is 3. The molecular weight excluding hydrogens is 146 g/mol. The lowest BCUT2D eigenvalue weighted by atomic mass is 9.99. The van der Waals surface area contributed by atoms with E-state index in [0.717, 1.165) is 17.6 Å². The SMILES string of the molecule is C=C(c1ccccc1)C(N)CC. The molecule has 1 nitrogen and oxygen atoms in total. The highest BCUT2D eigenvalue weighted by Crippen LogP contribution is 2.15. The molecule has 0 aliphatic rings. The first kappa shape index (κ1) is 9.01. The van der Waals surface area contributed by atoms with Gasteiger partial charge in [0.05, 0.1) is 0 Å². The topological polar surface area (TPSA) is 26.0 Å². The first-order valence-corrected chi connectivity index (χ1v) is 4.25. The predicted octanol–water partition coefficient (Wildman–Crippen LogP) is 2.44. The average Bonchev–Trinajstić information content (AvgIpc) is 2.17. The van der Waals surface area contributed by atoms with Crippen LogP contribution < -0.4 is 5.73 Å². The van der Waals surface area contributed by atoms with Gasteiger partial charge in [-0.2, -0.15) is 0 Å². The van der Waals surface area contributed by atoms with Crippen molar-refractivity contribution >= 4 is 5.57 Å². The second-order valence-electron chi connectivity index (χ2n) is 2.91. The Labute approximate surface area is 73.9 Å². The molecule has 1 atom stereocenters. The Morgan fingerprint density at radius 2 is 2.00 bits per heavy atom. The average molecular weight is 161 g/mol. The maximum atomic E-state index is 5.85. The van der Waals surface area contributed by atoms with E-state index < -0.39 is 0 Å². The molecule has 0 heterocycles. The summed E-state index contributed by atoms with van der Waals surface area (Å²) in [4.78, 5) is 0. The van der Waals surface area contributed by atoms with Crippen LogP contribution in [0.3, 0.4) is 0 Å². The maximum absolute atomic E-state index is 5.85. The summed E-state index contributed by atoms with van der Waals surface area (Å²) in [5.74, 6) is 0. The molecule has 1 heteroatoms. The van der Waals surface area contributed by atoms with Crippen molar-refractivity contribution in [3.05, 3.63) is 42.5 Å². The van der Waals surface area contributed by atoms with Gasteiger partial charge in [0.2, 0.25) is 0 Å². The third kappa shape index (κ3) is 1.95. The molecule has 0 spiro atoms. The molecule has 0 aliphatic carbocycles. The van der Waals surface area contributed by atoms with Crippen LogP contribution in [0.5, 0.6) is 0 Å². The van der Waals surface area contributed by atoms with Crippen LogP contribution in [0.1, 0.15) is 18.9 Å². The summed E-state index contributed by atoms with van der Waals surface area (Å²) in [6.07, 6.45) is 0.938. The molecule has 0 saturated carbocycles. The Kier molecular flexibility index (Phi) is 3.06. The van der Waals surface area contributed by atoms with Crippen molar-refractivity contribution in [1.82, 2.24) is 0 Å². The van der Waals surface area contributed by atoms with Crippen molar-refractivity contribution in [3.8, 4) is 0 Å². The van der Waals surface area contributed by atoms with Crippen LogP contribution in [0.2, 0.25) is 0 Å². The van der Waals surface area contributed by atoms with Crippen LogP contribution in [0.15, 0.2) is 36.9 Å². The van der Waals surface area contributed by atoms with Gasteiger partial charge in [-0.1, -0.05) is 43.8 Å². The second kappa shape index (κ2) is 4.07. The molecule has 0 aliphatic heterocycles. The molecule has 1 rings (SSSR count). The smallest absolute Gasteiger partial charge is 0.0292 e. The van der Waals surface area contributed by atoms with E-state index in [4.69, 9.17) is 5.73 Å². The third-order valence-corrected chi connectivity index (χ3v) is 2.03.